The van der Waals surface area contributed by atoms with Crippen molar-refractivity contribution in [1.29, 1.82) is 0 Å². The first-order chi connectivity index (χ1) is 6.86. The monoisotopic (exact) mass is 217 g/mol. The first-order valence-electron chi connectivity index (χ1n) is 5.41. The zero-order valence-corrected chi connectivity index (χ0v) is 9.67. The Morgan fingerprint density at radius 3 is 2.64 bits per heavy atom. The lowest BCUT2D eigenvalue weighted by molar-refractivity contribution is 0.0167. The highest BCUT2D eigenvalue weighted by Gasteiger charge is 2.17. The molecule has 1 saturated heterocycles. The standard InChI is InChI=1S/C11H20ClNO/c1-2-14-11-5-9-13(10-6-11)8-4-3-7-12/h3-4,11H,2,5-10H2,1H3. The minimum atomic E-state index is 0.494. The lowest BCUT2D eigenvalue weighted by Gasteiger charge is -2.30. The minimum absolute atomic E-state index is 0.494. The van der Waals surface area contributed by atoms with Gasteiger partial charge in [-0.05, 0) is 19.8 Å². The Bertz CT molecular complexity index is 165. The number of alkyl halides is 1. The summed E-state index contributed by atoms with van der Waals surface area (Å²) < 4.78 is 5.59. The summed E-state index contributed by atoms with van der Waals surface area (Å²) in [6.45, 7) is 6.24. The Morgan fingerprint density at radius 2 is 2.07 bits per heavy atom. The molecule has 0 aromatic heterocycles. The van der Waals surface area contributed by atoms with Crippen LogP contribution in [-0.2, 0) is 4.74 Å². The van der Waals surface area contributed by atoms with E-state index in [0.29, 0.717) is 12.0 Å². The molecule has 0 atom stereocenters. The van der Waals surface area contributed by atoms with Gasteiger partial charge in [0, 0.05) is 32.1 Å². The number of hydrogen-bond acceptors (Lipinski definition) is 2. The van der Waals surface area contributed by atoms with Gasteiger partial charge in [0.25, 0.3) is 0 Å². The van der Waals surface area contributed by atoms with E-state index in [2.05, 4.69) is 17.9 Å². The summed E-state index contributed by atoms with van der Waals surface area (Å²) in [7, 11) is 0. The zero-order valence-electron chi connectivity index (χ0n) is 8.92. The summed E-state index contributed by atoms with van der Waals surface area (Å²) >= 11 is 5.56. The molecule has 0 aromatic carbocycles. The molecule has 82 valence electrons. The van der Waals surface area contributed by atoms with Crippen LogP contribution in [0.15, 0.2) is 12.2 Å². The Labute approximate surface area is 91.9 Å². The van der Waals surface area contributed by atoms with Gasteiger partial charge >= 0.3 is 0 Å². The number of allylic oxidation sites excluding steroid dienone is 1. The molecule has 3 heteroatoms. The number of likely N-dealkylation sites (tertiary alicyclic amines) is 1. The van der Waals surface area contributed by atoms with E-state index in [1.807, 2.05) is 6.08 Å². The number of hydrogen-bond donors (Lipinski definition) is 0. The number of piperidine rings is 1. The third-order valence-electron chi connectivity index (χ3n) is 2.56. The van der Waals surface area contributed by atoms with Gasteiger partial charge in [0.1, 0.15) is 0 Å². The molecule has 1 aliphatic heterocycles. The summed E-state index contributed by atoms with van der Waals surface area (Å²) in [4.78, 5) is 2.44. The number of rotatable bonds is 5. The molecule has 0 N–H and O–H groups in total. The van der Waals surface area contributed by atoms with Crippen molar-refractivity contribution in [1.82, 2.24) is 4.90 Å². The average molecular weight is 218 g/mol. The van der Waals surface area contributed by atoms with Crippen LogP contribution in [-0.4, -0.2) is 43.1 Å². The van der Waals surface area contributed by atoms with Crippen molar-refractivity contribution < 1.29 is 4.74 Å². The quantitative estimate of drug-likeness (QED) is 0.518. The average Bonchev–Trinajstić information content (AvgIpc) is 2.21. The first-order valence-corrected chi connectivity index (χ1v) is 5.95. The second-order valence-corrected chi connectivity index (χ2v) is 3.89. The fourth-order valence-electron chi connectivity index (χ4n) is 1.78. The molecule has 0 aromatic rings. The first kappa shape index (κ1) is 12.0. The maximum Gasteiger partial charge on any atom is 0.0599 e. The molecule has 2 nitrogen and oxygen atoms in total. The van der Waals surface area contributed by atoms with Gasteiger partial charge in [-0.25, -0.2) is 0 Å². The zero-order chi connectivity index (χ0) is 10.2. The molecule has 0 aliphatic carbocycles. The molecule has 1 rings (SSSR count). The van der Waals surface area contributed by atoms with Gasteiger partial charge in [0.2, 0.25) is 0 Å². The van der Waals surface area contributed by atoms with E-state index in [9.17, 15) is 0 Å². The van der Waals surface area contributed by atoms with Crippen molar-refractivity contribution in [2.75, 3.05) is 32.1 Å². The fraction of sp³-hybridized carbons (Fsp3) is 0.818. The molecule has 1 aliphatic rings. The third-order valence-corrected chi connectivity index (χ3v) is 2.73. The predicted molar refractivity (Wildman–Crippen MR) is 60.9 cm³/mol. The molecule has 0 unspecified atom stereocenters. The van der Waals surface area contributed by atoms with Crippen LogP contribution in [0, 0.1) is 0 Å². The molecular formula is C11H20ClNO. The van der Waals surface area contributed by atoms with Crippen LogP contribution >= 0.6 is 11.6 Å². The molecule has 0 spiro atoms. The molecule has 1 heterocycles. The summed E-state index contributed by atoms with van der Waals surface area (Å²) in [6, 6.07) is 0. The minimum Gasteiger partial charge on any atom is -0.378 e. The maximum atomic E-state index is 5.59. The van der Waals surface area contributed by atoms with E-state index < -0.39 is 0 Å². The normalized spacial score (nSPS) is 20.7. The molecular weight excluding hydrogens is 198 g/mol. The van der Waals surface area contributed by atoms with Gasteiger partial charge < -0.3 is 4.74 Å². The Morgan fingerprint density at radius 1 is 1.36 bits per heavy atom. The van der Waals surface area contributed by atoms with Crippen LogP contribution in [0.5, 0.6) is 0 Å². The predicted octanol–water partition coefficient (Wildman–Crippen LogP) is 2.28. The van der Waals surface area contributed by atoms with Gasteiger partial charge in [-0.1, -0.05) is 12.2 Å². The topological polar surface area (TPSA) is 12.5 Å². The summed E-state index contributed by atoms with van der Waals surface area (Å²) in [5.41, 5.74) is 0. The summed E-state index contributed by atoms with van der Waals surface area (Å²) in [5, 5.41) is 0. The Hall–Kier alpha value is -0.0500. The van der Waals surface area contributed by atoms with E-state index in [1.165, 1.54) is 12.8 Å². The van der Waals surface area contributed by atoms with Crippen LogP contribution in [0.3, 0.4) is 0 Å². The maximum absolute atomic E-state index is 5.59. The lowest BCUT2D eigenvalue weighted by Crippen LogP contribution is -2.37. The van der Waals surface area contributed by atoms with Crippen molar-refractivity contribution in [3.8, 4) is 0 Å². The SMILES string of the molecule is CCOC1CCN(CC=CCCl)CC1. The van der Waals surface area contributed by atoms with Crippen LogP contribution in [0.2, 0.25) is 0 Å². The summed E-state index contributed by atoms with van der Waals surface area (Å²) in [6.07, 6.45) is 6.99. The van der Waals surface area contributed by atoms with Gasteiger partial charge in [-0.15, -0.1) is 11.6 Å². The van der Waals surface area contributed by atoms with Crippen molar-refractivity contribution in [3.63, 3.8) is 0 Å². The number of ether oxygens (including phenoxy) is 1. The van der Waals surface area contributed by atoms with Crippen molar-refractivity contribution in [2.24, 2.45) is 0 Å². The fourth-order valence-corrected chi connectivity index (χ4v) is 1.91. The molecule has 0 radical (unpaired) electrons. The van der Waals surface area contributed by atoms with E-state index in [1.54, 1.807) is 0 Å². The highest BCUT2D eigenvalue weighted by atomic mass is 35.5. The Balaban J connectivity index is 2.12. The second kappa shape index (κ2) is 7.27. The van der Waals surface area contributed by atoms with Gasteiger partial charge in [-0.2, -0.15) is 0 Å². The summed E-state index contributed by atoms with van der Waals surface area (Å²) in [5.74, 6) is 0.620. The molecule has 1 fully saturated rings. The number of nitrogens with zero attached hydrogens (tertiary/aromatic N) is 1. The van der Waals surface area contributed by atoms with E-state index >= 15 is 0 Å². The van der Waals surface area contributed by atoms with Gasteiger partial charge in [-0.3, -0.25) is 4.90 Å². The van der Waals surface area contributed by atoms with Crippen LogP contribution in [0.25, 0.3) is 0 Å². The number of halogens is 1. The van der Waals surface area contributed by atoms with E-state index in [4.69, 9.17) is 16.3 Å². The van der Waals surface area contributed by atoms with Crippen molar-refractivity contribution in [2.45, 2.75) is 25.9 Å². The largest absolute Gasteiger partial charge is 0.378 e. The van der Waals surface area contributed by atoms with E-state index in [0.717, 1.165) is 26.2 Å². The van der Waals surface area contributed by atoms with Crippen LogP contribution in [0.4, 0.5) is 0 Å². The molecule has 0 bridgehead atoms. The van der Waals surface area contributed by atoms with Crippen molar-refractivity contribution in [3.05, 3.63) is 12.2 Å². The van der Waals surface area contributed by atoms with Gasteiger partial charge in [0.05, 0.1) is 6.10 Å². The molecule has 0 amide bonds. The highest BCUT2D eigenvalue weighted by molar-refractivity contribution is 6.18. The Kier molecular flexibility index (Phi) is 6.24. The molecule has 0 saturated carbocycles. The highest BCUT2D eigenvalue weighted by Crippen LogP contribution is 2.13. The van der Waals surface area contributed by atoms with Crippen LogP contribution < -0.4 is 0 Å². The smallest absolute Gasteiger partial charge is 0.0599 e. The van der Waals surface area contributed by atoms with E-state index in [-0.39, 0.29) is 0 Å². The second-order valence-electron chi connectivity index (χ2n) is 3.58. The van der Waals surface area contributed by atoms with Crippen molar-refractivity contribution >= 4 is 11.6 Å². The third kappa shape index (κ3) is 4.45. The van der Waals surface area contributed by atoms with Crippen LogP contribution in [0.1, 0.15) is 19.8 Å². The molecule has 14 heavy (non-hydrogen) atoms. The van der Waals surface area contributed by atoms with Gasteiger partial charge in [0.15, 0.2) is 0 Å². The lowest BCUT2D eigenvalue weighted by atomic mass is 10.1.